The Morgan fingerprint density at radius 3 is 2.31 bits per heavy atom. The highest BCUT2D eigenvalue weighted by Crippen LogP contribution is 2.14. The first-order valence-corrected chi connectivity index (χ1v) is 5.84. The molecule has 0 aromatic heterocycles. The van der Waals surface area contributed by atoms with Gasteiger partial charge >= 0.3 is 0 Å². The van der Waals surface area contributed by atoms with Crippen molar-refractivity contribution < 1.29 is 5.11 Å². The van der Waals surface area contributed by atoms with Gasteiger partial charge in [-0.3, -0.25) is 4.99 Å². The lowest BCUT2D eigenvalue weighted by molar-refractivity contribution is 0.0418. The van der Waals surface area contributed by atoms with Crippen molar-refractivity contribution in [3.8, 4) is 0 Å². The molecule has 98 valence electrons. The summed E-state index contributed by atoms with van der Waals surface area (Å²) in [5.74, 6) is 0.434. The Hall–Kier alpha value is -0.0400. The fourth-order valence-electron chi connectivity index (χ4n) is 1.16. The van der Waals surface area contributed by atoms with E-state index in [9.17, 15) is 5.11 Å². The van der Waals surface area contributed by atoms with Gasteiger partial charge in [-0.1, -0.05) is 27.2 Å². The molecule has 0 fully saturated rings. The summed E-state index contributed by atoms with van der Waals surface area (Å²) in [6, 6.07) is 0. The van der Waals surface area contributed by atoms with Gasteiger partial charge in [-0.05, 0) is 19.3 Å². The number of nitrogens with zero attached hydrogens (tertiary/aromatic N) is 1. The van der Waals surface area contributed by atoms with E-state index >= 15 is 0 Å². The zero-order valence-corrected chi connectivity index (χ0v) is 13.0. The topological polar surface area (TPSA) is 70.6 Å². The predicted octanol–water partition coefficient (Wildman–Crippen LogP) is 1.86. The van der Waals surface area contributed by atoms with Crippen LogP contribution in [-0.4, -0.2) is 29.8 Å². The van der Waals surface area contributed by atoms with E-state index in [0.717, 1.165) is 19.4 Å². The number of unbranched alkanes of at least 4 members (excludes halogenated alkanes) is 1. The Kier molecular flexibility index (Phi) is 11.6. The number of nitrogens with two attached hydrogens (primary N) is 1. The van der Waals surface area contributed by atoms with Gasteiger partial charge in [-0.2, -0.15) is 0 Å². The van der Waals surface area contributed by atoms with E-state index in [1.165, 1.54) is 0 Å². The minimum atomic E-state index is -0.697. The van der Waals surface area contributed by atoms with Crippen molar-refractivity contribution in [1.82, 2.24) is 5.32 Å². The fourth-order valence-corrected chi connectivity index (χ4v) is 1.16. The minimum Gasteiger partial charge on any atom is -0.388 e. The Morgan fingerprint density at radius 1 is 1.31 bits per heavy atom. The van der Waals surface area contributed by atoms with Crippen molar-refractivity contribution in [3.63, 3.8) is 0 Å². The second-order valence-corrected chi connectivity index (χ2v) is 3.91. The molecule has 0 spiro atoms. The molecule has 4 N–H and O–H groups in total. The SMILES string of the molecule is CCCCNC(N)=NCC(O)(CC)CC.I. The highest BCUT2D eigenvalue weighted by Gasteiger charge is 2.21. The van der Waals surface area contributed by atoms with E-state index in [1.807, 2.05) is 13.8 Å². The van der Waals surface area contributed by atoms with Crippen molar-refractivity contribution >= 4 is 29.9 Å². The molecule has 0 amide bonds. The molecule has 0 unspecified atom stereocenters. The van der Waals surface area contributed by atoms with Crippen molar-refractivity contribution in [2.24, 2.45) is 10.7 Å². The van der Waals surface area contributed by atoms with E-state index < -0.39 is 5.60 Å². The summed E-state index contributed by atoms with van der Waals surface area (Å²) in [5.41, 5.74) is 4.96. The van der Waals surface area contributed by atoms with Crippen molar-refractivity contribution in [2.75, 3.05) is 13.1 Å². The molecule has 0 aliphatic rings. The number of rotatable bonds is 7. The van der Waals surface area contributed by atoms with Gasteiger partial charge in [0.05, 0.1) is 12.1 Å². The van der Waals surface area contributed by atoms with Crippen LogP contribution in [0.1, 0.15) is 46.5 Å². The third-order valence-corrected chi connectivity index (χ3v) is 2.70. The smallest absolute Gasteiger partial charge is 0.188 e. The van der Waals surface area contributed by atoms with Crippen LogP contribution in [0.25, 0.3) is 0 Å². The summed E-state index contributed by atoms with van der Waals surface area (Å²) in [6.45, 7) is 7.27. The normalized spacial score (nSPS) is 12.1. The summed E-state index contributed by atoms with van der Waals surface area (Å²) in [5, 5.41) is 13.0. The number of hydrogen-bond donors (Lipinski definition) is 3. The Labute approximate surface area is 116 Å². The number of aliphatic imine (C=N–C) groups is 1. The van der Waals surface area contributed by atoms with Crippen molar-refractivity contribution in [3.05, 3.63) is 0 Å². The molecule has 0 heterocycles. The van der Waals surface area contributed by atoms with Gasteiger partial charge < -0.3 is 16.2 Å². The third-order valence-electron chi connectivity index (χ3n) is 2.70. The van der Waals surface area contributed by atoms with Crippen LogP contribution < -0.4 is 11.1 Å². The Morgan fingerprint density at radius 2 is 1.88 bits per heavy atom. The fraction of sp³-hybridized carbons (Fsp3) is 0.909. The summed E-state index contributed by atoms with van der Waals surface area (Å²) in [7, 11) is 0. The lowest BCUT2D eigenvalue weighted by atomic mass is 9.98. The molecule has 4 nitrogen and oxygen atoms in total. The van der Waals surface area contributed by atoms with Crippen LogP contribution >= 0.6 is 24.0 Å². The highest BCUT2D eigenvalue weighted by molar-refractivity contribution is 14.0. The third kappa shape index (κ3) is 8.15. The zero-order chi connectivity index (χ0) is 11.7. The van der Waals surface area contributed by atoms with E-state index in [2.05, 4.69) is 17.2 Å². The largest absolute Gasteiger partial charge is 0.388 e. The standard InChI is InChI=1S/C11H25N3O.HI/c1-4-7-8-13-10(12)14-9-11(15,5-2)6-3;/h15H,4-9H2,1-3H3,(H3,12,13,14);1H. The maximum absolute atomic E-state index is 9.96. The number of nitrogens with one attached hydrogen (secondary N) is 1. The molecule has 0 atom stereocenters. The monoisotopic (exact) mass is 343 g/mol. The molecule has 0 aliphatic carbocycles. The van der Waals surface area contributed by atoms with Gasteiger partial charge in [0.1, 0.15) is 0 Å². The number of guanidine groups is 1. The predicted molar refractivity (Wildman–Crippen MR) is 80.3 cm³/mol. The Bertz CT molecular complexity index is 194. The second kappa shape index (κ2) is 10.1. The first kappa shape index (κ1) is 18.3. The van der Waals surface area contributed by atoms with Gasteiger partial charge in [0.15, 0.2) is 5.96 Å². The van der Waals surface area contributed by atoms with Crippen LogP contribution in [0.5, 0.6) is 0 Å². The molecule has 0 bridgehead atoms. The molecule has 0 aromatic carbocycles. The van der Waals surface area contributed by atoms with Crippen LogP contribution in [-0.2, 0) is 0 Å². The zero-order valence-electron chi connectivity index (χ0n) is 10.6. The summed E-state index contributed by atoms with van der Waals surface area (Å²) >= 11 is 0. The minimum absolute atomic E-state index is 0. The average molecular weight is 343 g/mol. The van der Waals surface area contributed by atoms with Gasteiger partial charge in [0, 0.05) is 6.54 Å². The van der Waals surface area contributed by atoms with E-state index in [1.54, 1.807) is 0 Å². The molecule has 16 heavy (non-hydrogen) atoms. The maximum Gasteiger partial charge on any atom is 0.188 e. The van der Waals surface area contributed by atoms with Crippen LogP contribution in [0, 0.1) is 0 Å². The van der Waals surface area contributed by atoms with Gasteiger partial charge in [0.2, 0.25) is 0 Å². The average Bonchev–Trinajstić information content (AvgIpc) is 2.26. The summed E-state index contributed by atoms with van der Waals surface area (Å²) in [4.78, 5) is 4.14. The van der Waals surface area contributed by atoms with E-state index in [4.69, 9.17) is 5.73 Å². The van der Waals surface area contributed by atoms with Gasteiger partial charge in [-0.25, -0.2) is 0 Å². The maximum atomic E-state index is 9.96. The molecule has 0 saturated carbocycles. The molecule has 0 saturated heterocycles. The van der Waals surface area contributed by atoms with Crippen molar-refractivity contribution in [1.29, 1.82) is 0 Å². The molecule has 5 heteroatoms. The summed E-state index contributed by atoms with van der Waals surface area (Å²) < 4.78 is 0. The second-order valence-electron chi connectivity index (χ2n) is 3.91. The molecule has 0 aromatic rings. The quantitative estimate of drug-likeness (QED) is 0.286. The lowest BCUT2D eigenvalue weighted by Gasteiger charge is -2.22. The Balaban J connectivity index is 0. The van der Waals surface area contributed by atoms with Crippen LogP contribution in [0.4, 0.5) is 0 Å². The highest BCUT2D eigenvalue weighted by atomic mass is 127. The number of halogens is 1. The molecule has 0 rings (SSSR count). The molecular formula is C11H26IN3O. The van der Waals surface area contributed by atoms with Crippen LogP contribution in [0.2, 0.25) is 0 Å². The summed E-state index contributed by atoms with van der Waals surface area (Å²) in [6.07, 6.45) is 3.63. The first-order chi connectivity index (χ1) is 7.08. The van der Waals surface area contributed by atoms with E-state index in [0.29, 0.717) is 25.3 Å². The molecule has 0 aliphatic heterocycles. The molecular weight excluding hydrogens is 317 g/mol. The number of aliphatic hydroxyl groups is 1. The lowest BCUT2D eigenvalue weighted by Crippen LogP contribution is -2.36. The van der Waals surface area contributed by atoms with Crippen LogP contribution in [0.3, 0.4) is 0 Å². The number of hydrogen-bond acceptors (Lipinski definition) is 2. The van der Waals surface area contributed by atoms with Gasteiger partial charge in [-0.15, -0.1) is 24.0 Å². The van der Waals surface area contributed by atoms with E-state index in [-0.39, 0.29) is 24.0 Å². The molecule has 0 radical (unpaired) electrons. The first-order valence-electron chi connectivity index (χ1n) is 5.84. The van der Waals surface area contributed by atoms with Crippen molar-refractivity contribution in [2.45, 2.75) is 52.1 Å². The van der Waals surface area contributed by atoms with Crippen LogP contribution in [0.15, 0.2) is 4.99 Å². The van der Waals surface area contributed by atoms with Gasteiger partial charge in [0.25, 0.3) is 0 Å².